The molecule has 17 heavy (non-hydrogen) atoms. The zero-order chi connectivity index (χ0) is 13.5. The quantitative estimate of drug-likeness (QED) is 0.565. The Bertz CT molecular complexity index is 231. The van der Waals surface area contributed by atoms with Crippen molar-refractivity contribution in [1.82, 2.24) is 0 Å². The predicted molar refractivity (Wildman–Crippen MR) is 74.8 cm³/mol. The lowest BCUT2D eigenvalue weighted by molar-refractivity contribution is 0.113. The van der Waals surface area contributed by atoms with Crippen molar-refractivity contribution in [1.29, 1.82) is 0 Å². The summed E-state index contributed by atoms with van der Waals surface area (Å²) in [5.74, 6) is 0. The highest BCUT2D eigenvalue weighted by Gasteiger charge is 2.36. The summed E-state index contributed by atoms with van der Waals surface area (Å²) in [6.45, 7) is 12.0. The van der Waals surface area contributed by atoms with Gasteiger partial charge in [0.05, 0.1) is 12.7 Å². The van der Waals surface area contributed by atoms with Gasteiger partial charge < -0.3 is 14.3 Å². The van der Waals surface area contributed by atoms with E-state index in [0.717, 1.165) is 6.42 Å². The predicted octanol–water partition coefficient (Wildman–Crippen LogP) is 2.96. The molecule has 1 N–H and O–H groups in total. The average molecular weight is 260 g/mol. The fourth-order valence-electron chi connectivity index (χ4n) is 1.15. The van der Waals surface area contributed by atoms with E-state index in [1.807, 2.05) is 6.08 Å². The Morgan fingerprint density at radius 2 is 1.88 bits per heavy atom. The molecule has 0 rings (SSSR count). The Balaban J connectivity index is 4.09. The molecule has 0 radical (unpaired) electrons. The van der Waals surface area contributed by atoms with E-state index in [2.05, 4.69) is 33.9 Å². The summed E-state index contributed by atoms with van der Waals surface area (Å²) in [7, 11) is 0.0345. The summed E-state index contributed by atoms with van der Waals surface area (Å²) in [6.07, 6.45) is 4.46. The maximum Gasteiger partial charge on any atom is 0.191 e. The Kier molecular flexibility index (Phi) is 7.24. The van der Waals surface area contributed by atoms with Crippen molar-refractivity contribution in [2.75, 3.05) is 20.3 Å². The van der Waals surface area contributed by atoms with Crippen LogP contribution in [0.1, 0.15) is 27.2 Å². The SMILES string of the molecule is CO[C@@H](/C=C/CO)CCO[Si](C)(C)C(C)(C)C. The second kappa shape index (κ2) is 7.31. The van der Waals surface area contributed by atoms with E-state index in [-0.39, 0.29) is 17.7 Å². The summed E-state index contributed by atoms with van der Waals surface area (Å²) in [6, 6.07) is 0. The molecule has 0 spiro atoms. The van der Waals surface area contributed by atoms with Crippen LogP contribution in [0.4, 0.5) is 0 Å². The summed E-state index contributed by atoms with van der Waals surface area (Å²) in [5.41, 5.74) is 0. The van der Waals surface area contributed by atoms with Crippen molar-refractivity contribution in [3.8, 4) is 0 Å². The molecule has 3 nitrogen and oxygen atoms in total. The second-order valence-corrected chi connectivity index (χ2v) is 10.6. The summed E-state index contributed by atoms with van der Waals surface area (Å²) >= 11 is 0. The number of ether oxygens (including phenoxy) is 1. The standard InChI is InChI=1S/C13H28O3Si/c1-13(2,3)17(5,6)16-11-9-12(15-4)8-7-10-14/h7-8,12,14H,9-11H2,1-6H3/b8-7+/t12-/m0/s1. The molecule has 0 aromatic carbocycles. The molecule has 0 amide bonds. The number of hydrogen-bond donors (Lipinski definition) is 1. The highest BCUT2D eigenvalue weighted by Crippen LogP contribution is 2.36. The number of aliphatic hydroxyl groups is 1. The minimum atomic E-state index is -1.64. The maximum absolute atomic E-state index is 8.71. The van der Waals surface area contributed by atoms with Gasteiger partial charge in [0.15, 0.2) is 8.32 Å². The molecule has 4 heteroatoms. The van der Waals surface area contributed by atoms with Gasteiger partial charge in [0, 0.05) is 13.7 Å². The molecule has 0 aromatic rings. The third-order valence-corrected chi connectivity index (χ3v) is 7.97. The van der Waals surface area contributed by atoms with Gasteiger partial charge in [-0.25, -0.2) is 0 Å². The van der Waals surface area contributed by atoms with Crippen LogP contribution in [-0.2, 0) is 9.16 Å². The first-order chi connectivity index (χ1) is 7.74. The Hall–Kier alpha value is -0.163. The highest BCUT2D eigenvalue weighted by molar-refractivity contribution is 6.74. The lowest BCUT2D eigenvalue weighted by Crippen LogP contribution is -2.41. The smallest absolute Gasteiger partial charge is 0.191 e. The number of methoxy groups -OCH3 is 1. The number of rotatable bonds is 7. The lowest BCUT2D eigenvalue weighted by Gasteiger charge is -2.36. The van der Waals surface area contributed by atoms with E-state index < -0.39 is 8.32 Å². The molecule has 0 aromatic heterocycles. The first-order valence-corrected chi connectivity index (χ1v) is 9.09. The molecule has 0 aliphatic rings. The van der Waals surface area contributed by atoms with E-state index in [1.54, 1.807) is 13.2 Å². The topological polar surface area (TPSA) is 38.7 Å². The fourth-order valence-corrected chi connectivity index (χ4v) is 2.21. The van der Waals surface area contributed by atoms with E-state index in [4.69, 9.17) is 14.3 Å². The lowest BCUT2D eigenvalue weighted by atomic mass is 10.2. The van der Waals surface area contributed by atoms with Gasteiger partial charge in [0.1, 0.15) is 0 Å². The van der Waals surface area contributed by atoms with Crippen LogP contribution in [-0.4, -0.2) is 39.9 Å². The molecular weight excluding hydrogens is 232 g/mol. The van der Waals surface area contributed by atoms with Crippen molar-refractivity contribution < 1.29 is 14.3 Å². The third-order valence-electron chi connectivity index (χ3n) is 3.43. The van der Waals surface area contributed by atoms with E-state index >= 15 is 0 Å². The van der Waals surface area contributed by atoms with Gasteiger partial charge in [-0.1, -0.05) is 32.9 Å². The molecule has 0 heterocycles. The first kappa shape index (κ1) is 16.8. The molecule has 0 saturated carbocycles. The fraction of sp³-hybridized carbons (Fsp3) is 0.846. The van der Waals surface area contributed by atoms with Gasteiger partial charge in [-0.2, -0.15) is 0 Å². The van der Waals surface area contributed by atoms with Crippen molar-refractivity contribution in [3.63, 3.8) is 0 Å². The minimum Gasteiger partial charge on any atom is -0.417 e. The van der Waals surface area contributed by atoms with Crippen molar-refractivity contribution >= 4 is 8.32 Å². The summed E-state index contributed by atoms with van der Waals surface area (Å²) < 4.78 is 11.4. The van der Waals surface area contributed by atoms with Crippen LogP contribution in [0.2, 0.25) is 18.1 Å². The van der Waals surface area contributed by atoms with Crippen LogP contribution in [0.15, 0.2) is 12.2 Å². The zero-order valence-electron chi connectivity index (χ0n) is 12.1. The number of hydrogen-bond acceptors (Lipinski definition) is 3. The van der Waals surface area contributed by atoms with Gasteiger partial charge in [-0.3, -0.25) is 0 Å². The monoisotopic (exact) mass is 260 g/mol. The second-order valence-electron chi connectivity index (χ2n) is 5.78. The van der Waals surface area contributed by atoms with Gasteiger partial charge >= 0.3 is 0 Å². The third kappa shape index (κ3) is 6.36. The van der Waals surface area contributed by atoms with E-state index in [1.165, 1.54) is 0 Å². The molecule has 0 fully saturated rings. The largest absolute Gasteiger partial charge is 0.417 e. The van der Waals surface area contributed by atoms with Gasteiger partial charge in [-0.05, 0) is 24.6 Å². The average Bonchev–Trinajstić information content (AvgIpc) is 2.21. The molecular formula is C13H28O3Si. The molecule has 0 unspecified atom stereocenters. The van der Waals surface area contributed by atoms with Crippen LogP contribution in [0.25, 0.3) is 0 Å². The minimum absolute atomic E-state index is 0.0342. The van der Waals surface area contributed by atoms with Crippen molar-refractivity contribution in [2.24, 2.45) is 0 Å². The number of aliphatic hydroxyl groups excluding tert-OH is 1. The Morgan fingerprint density at radius 1 is 1.29 bits per heavy atom. The van der Waals surface area contributed by atoms with Crippen LogP contribution in [0.3, 0.4) is 0 Å². The van der Waals surface area contributed by atoms with Crippen LogP contribution < -0.4 is 0 Å². The first-order valence-electron chi connectivity index (χ1n) is 6.19. The van der Waals surface area contributed by atoms with Crippen molar-refractivity contribution in [2.45, 2.75) is 51.4 Å². The maximum atomic E-state index is 8.71. The van der Waals surface area contributed by atoms with E-state index in [9.17, 15) is 0 Å². The summed E-state index contributed by atoms with van der Waals surface area (Å²) in [5, 5.41) is 8.95. The van der Waals surface area contributed by atoms with Gasteiger partial charge in [0.2, 0.25) is 0 Å². The van der Waals surface area contributed by atoms with Crippen LogP contribution in [0.5, 0.6) is 0 Å². The van der Waals surface area contributed by atoms with Gasteiger partial charge in [0.25, 0.3) is 0 Å². The molecule has 102 valence electrons. The molecule has 0 aliphatic heterocycles. The van der Waals surface area contributed by atoms with Gasteiger partial charge in [-0.15, -0.1) is 0 Å². The van der Waals surface area contributed by atoms with Crippen LogP contribution in [0, 0.1) is 0 Å². The Labute approximate surface area is 107 Å². The molecule has 0 aliphatic carbocycles. The van der Waals surface area contributed by atoms with E-state index in [0.29, 0.717) is 6.61 Å². The molecule has 1 atom stereocenters. The van der Waals surface area contributed by atoms with Crippen molar-refractivity contribution in [3.05, 3.63) is 12.2 Å². The zero-order valence-corrected chi connectivity index (χ0v) is 13.1. The highest BCUT2D eigenvalue weighted by atomic mass is 28.4. The Morgan fingerprint density at radius 3 is 2.29 bits per heavy atom. The molecule has 0 saturated heterocycles. The summed E-state index contributed by atoms with van der Waals surface area (Å²) in [4.78, 5) is 0. The van der Waals surface area contributed by atoms with Crippen LogP contribution >= 0.6 is 0 Å². The normalized spacial score (nSPS) is 15.5. The molecule has 0 bridgehead atoms.